The molecule has 1 saturated heterocycles. The van der Waals surface area contributed by atoms with Crippen molar-refractivity contribution < 1.29 is 18.0 Å². The molecule has 0 aliphatic carbocycles. The number of hydrogen-bond donors (Lipinski definition) is 0. The lowest BCUT2D eigenvalue weighted by molar-refractivity contribution is -0.137. The first-order valence-electron chi connectivity index (χ1n) is 6.77. The lowest BCUT2D eigenvalue weighted by Crippen LogP contribution is -2.27. The van der Waals surface area contributed by atoms with Gasteiger partial charge in [0.15, 0.2) is 4.32 Å². The fraction of sp³-hybridized carbons (Fsp3) is 0.125. The van der Waals surface area contributed by atoms with E-state index in [4.69, 9.17) is 12.2 Å². The van der Waals surface area contributed by atoms with Gasteiger partial charge in [0.2, 0.25) is 0 Å². The first-order chi connectivity index (χ1) is 11.3. The summed E-state index contributed by atoms with van der Waals surface area (Å²) in [6.07, 6.45) is -2.76. The number of thioether (sulfide) groups is 1. The van der Waals surface area contributed by atoms with E-state index >= 15 is 0 Å². The van der Waals surface area contributed by atoms with E-state index in [0.29, 0.717) is 4.91 Å². The van der Waals surface area contributed by atoms with Crippen molar-refractivity contribution in [3.8, 4) is 0 Å². The van der Waals surface area contributed by atoms with Crippen LogP contribution in [0.1, 0.15) is 15.3 Å². The molecule has 24 heavy (non-hydrogen) atoms. The van der Waals surface area contributed by atoms with E-state index in [1.165, 1.54) is 23.5 Å². The van der Waals surface area contributed by atoms with E-state index in [1.54, 1.807) is 6.08 Å². The molecule has 0 unspecified atom stereocenters. The van der Waals surface area contributed by atoms with Crippen LogP contribution in [0.15, 0.2) is 41.3 Å². The van der Waals surface area contributed by atoms with E-state index in [-0.39, 0.29) is 10.0 Å². The maximum atomic E-state index is 12.9. The molecule has 1 aromatic carbocycles. The summed E-state index contributed by atoms with van der Waals surface area (Å²) in [5, 5.41) is 0. The van der Waals surface area contributed by atoms with E-state index in [9.17, 15) is 18.0 Å². The number of aryl methyl sites for hydroxylation is 1. The summed E-state index contributed by atoms with van der Waals surface area (Å²) in [5.74, 6) is -0.407. The summed E-state index contributed by atoms with van der Waals surface area (Å²) in [5.41, 5.74) is -0.690. The van der Waals surface area contributed by atoms with Gasteiger partial charge in [0, 0.05) is 9.75 Å². The molecule has 0 bridgehead atoms. The topological polar surface area (TPSA) is 20.3 Å². The predicted octanol–water partition coefficient (Wildman–Crippen LogP) is 5.48. The number of halogens is 3. The first kappa shape index (κ1) is 17.2. The van der Waals surface area contributed by atoms with Crippen LogP contribution in [-0.2, 0) is 11.0 Å². The molecule has 1 amide bonds. The molecule has 0 spiro atoms. The molecule has 124 valence electrons. The number of nitrogens with zero attached hydrogens (tertiary/aromatic N) is 1. The quantitative estimate of drug-likeness (QED) is 0.504. The maximum absolute atomic E-state index is 12.9. The van der Waals surface area contributed by atoms with Crippen LogP contribution in [0, 0.1) is 6.92 Å². The Bertz CT molecular complexity index is 854. The molecule has 1 fully saturated rings. The fourth-order valence-corrected chi connectivity index (χ4v) is 4.36. The second-order valence-corrected chi connectivity index (χ2v) is 8.01. The zero-order valence-corrected chi connectivity index (χ0v) is 14.7. The van der Waals surface area contributed by atoms with E-state index in [0.717, 1.165) is 38.5 Å². The lowest BCUT2D eigenvalue weighted by atomic mass is 10.2. The number of carbonyl (C=O) groups excluding carboxylic acids is 1. The molecule has 0 N–H and O–H groups in total. The lowest BCUT2D eigenvalue weighted by Gasteiger charge is -2.16. The Morgan fingerprint density at radius 3 is 2.58 bits per heavy atom. The third-order valence-electron chi connectivity index (χ3n) is 3.26. The third-order valence-corrected chi connectivity index (χ3v) is 5.51. The standard InChI is InChI=1S/C16H10F3NOS3/c1-9-5-6-12(23-9)8-13-14(21)20(15(22)24-13)11-4-2-3-10(7-11)16(17,18)19/h2-8H,1H3. The second kappa shape index (κ2) is 6.34. The van der Waals surface area contributed by atoms with E-state index < -0.39 is 17.6 Å². The van der Waals surface area contributed by atoms with Crippen LogP contribution in [0.2, 0.25) is 0 Å². The average molecular weight is 385 g/mol. The minimum absolute atomic E-state index is 0.123. The summed E-state index contributed by atoms with van der Waals surface area (Å²) in [6.45, 7) is 1.95. The minimum atomic E-state index is -4.47. The Morgan fingerprint density at radius 1 is 1.21 bits per heavy atom. The van der Waals surface area contributed by atoms with Crippen LogP contribution in [0.5, 0.6) is 0 Å². The van der Waals surface area contributed by atoms with Crippen LogP contribution in [0.25, 0.3) is 6.08 Å². The molecule has 3 rings (SSSR count). The summed E-state index contributed by atoms with van der Waals surface area (Å²) in [7, 11) is 0. The number of thiocarbonyl (C=S) groups is 1. The largest absolute Gasteiger partial charge is 0.416 e. The number of anilines is 1. The Kier molecular flexibility index (Phi) is 4.54. The Labute approximate surface area is 150 Å². The number of benzene rings is 1. The zero-order valence-electron chi connectivity index (χ0n) is 12.3. The zero-order chi connectivity index (χ0) is 17.5. The maximum Gasteiger partial charge on any atom is 0.416 e. The molecule has 2 aromatic rings. The molecule has 0 atom stereocenters. The normalized spacial score (nSPS) is 17.2. The number of amides is 1. The molecule has 1 aliphatic heterocycles. The Hall–Kier alpha value is -1.64. The van der Waals surface area contributed by atoms with Gasteiger partial charge in [0.1, 0.15) is 0 Å². The Balaban J connectivity index is 1.94. The van der Waals surface area contributed by atoms with Crippen LogP contribution in [0.3, 0.4) is 0 Å². The average Bonchev–Trinajstić information content (AvgIpc) is 3.02. The molecule has 8 heteroatoms. The fourth-order valence-electron chi connectivity index (χ4n) is 2.17. The van der Waals surface area contributed by atoms with Crippen molar-refractivity contribution >= 4 is 57.3 Å². The van der Waals surface area contributed by atoms with Gasteiger partial charge < -0.3 is 0 Å². The van der Waals surface area contributed by atoms with Crippen LogP contribution in [-0.4, -0.2) is 10.2 Å². The van der Waals surface area contributed by atoms with Gasteiger partial charge in [0.25, 0.3) is 5.91 Å². The van der Waals surface area contributed by atoms with Crippen LogP contribution in [0.4, 0.5) is 18.9 Å². The van der Waals surface area contributed by atoms with Gasteiger partial charge in [-0.25, -0.2) is 0 Å². The highest BCUT2D eigenvalue weighted by atomic mass is 32.2. The highest BCUT2D eigenvalue weighted by molar-refractivity contribution is 8.27. The molecule has 1 aliphatic rings. The van der Waals surface area contributed by atoms with Gasteiger partial charge >= 0.3 is 6.18 Å². The number of carbonyl (C=O) groups is 1. The summed E-state index contributed by atoms with van der Waals surface area (Å²) >= 11 is 7.80. The van der Waals surface area contributed by atoms with Crippen molar-refractivity contribution in [2.45, 2.75) is 13.1 Å². The van der Waals surface area contributed by atoms with Crippen LogP contribution >= 0.6 is 35.3 Å². The summed E-state index contributed by atoms with van der Waals surface area (Å²) < 4.78 is 38.8. The Morgan fingerprint density at radius 2 is 1.96 bits per heavy atom. The van der Waals surface area contributed by atoms with E-state index in [2.05, 4.69) is 0 Å². The number of hydrogen-bond acceptors (Lipinski definition) is 4. The smallest absolute Gasteiger partial charge is 0.268 e. The molecule has 1 aromatic heterocycles. The van der Waals surface area contributed by atoms with Crippen molar-refractivity contribution in [2.24, 2.45) is 0 Å². The molecular formula is C16H10F3NOS3. The van der Waals surface area contributed by atoms with Gasteiger partial charge in [-0.15, -0.1) is 11.3 Å². The molecule has 0 saturated carbocycles. The van der Waals surface area contributed by atoms with E-state index in [1.807, 2.05) is 19.1 Å². The SMILES string of the molecule is Cc1ccc(C=C2SC(=S)N(c3cccc(C(F)(F)F)c3)C2=O)s1. The third kappa shape index (κ3) is 3.40. The molecule has 2 heterocycles. The molecular weight excluding hydrogens is 375 g/mol. The number of thiophene rings is 1. The van der Waals surface area contributed by atoms with Gasteiger partial charge in [-0.05, 0) is 43.3 Å². The predicted molar refractivity (Wildman–Crippen MR) is 96.2 cm³/mol. The molecule has 0 radical (unpaired) electrons. The van der Waals surface area contributed by atoms with Gasteiger partial charge in [0.05, 0.1) is 16.2 Å². The highest BCUT2D eigenvalue weighted by Gasteiger charge is 2.36. The minimum Gasteiger partial charge on any atom is -0.268 e. The number of rotatable bonds is 2. The van der Waals surface area contributed by atoms with Gasteiger partial charge in [-0.3, -0.25) is 9.69 Å². The van der Waals surface area contributed by atoms with Crippen molar-refractivity contribution in [1.82, 2.24) is 0 Å². The second-order valence-electron chi connectivity index (χ2n) is 5.01. The summed E-state index contributed by atoms with van der Waals surface area (Å²) in [6, 6.07) is 8.43. The van der Waals surface area contributed by atoms with Gasteiger partial charge in [-0.2, -0.15) is 13.2 Å². The van der Waals surface area contributed by atoms with Crippen LogP contribution < -0.4 is 4.90 Å². The number of alkyl halides is 3. The van der Waals surface area contributed by atoms with Crippen molar-refractivity contribution in [1.29, 1.82) is 0 Å². The van der Waals surface area contributed by atoms with Crippen molar-refractivity contribution in [3.05, 3.63) is 56.6 Å². The summed E-state index contributed by atoms with van der Waals surface area (Å²) in [4.78, 5) is 16.1. The van der Waals surface area contributed by atoms with Gasteiger partial charge in [-0.1, -0.05) is 30.0 Å². The van der Waals surface area contributed by atoms with Crippen molar-refractivity contribution in [3.63, 3.8) is 0 Å². The highest BCUT2D eigenvalue weighted by Crippen LogP contribution is 2.38. The monoisotopic (exact) mass is 385 g/mol. The van der Waals surface area contributed by atoms with Crippen molar-refractivity contribution in [2.75, 3.05) is 4.90 Å². The molecule has 2 nitrogen and oxygen atoms in total. The first-order valence-corrected chi connectivity index (χ1v) is 8.81.